The Labute approximate surface area is 124 Å². The molecular weight excluding hydrogens is 280 g/mol. The van der Waals surface area contributed by atoms with Crippen molar-refractivity contribution in [2.24, 2.45) is 0 Å². The lowest BCUT2D eigenvalue weighted by Gasteiger charge is -2.06. The van der Waals surface area contributed by atoms with Crippen molar-refractivity contribution in [3.63, 3.8) is 0 Å². The first-order valence-corrected chi connectivity index (χ1v) is 6.92. The number of hydrogen-bond acceptors (Lipinski definition) is 5. The van der Waals surface area contributed by atoms with Crippen LogP contribution in [0, 0.1) is 0 Å². The Kier molecular flexibility index (Phi) is 2.89. The van der Waals surface area contributed by atoms with Crippen molar-refractivity contribution in [2.75, 3.05) is 0 Å². The van der Waals surface area contributed by atoms with Crippen LogP contribution in [-0.4, -0.2) is 29.4 Å². The molecule has 7 nitrogen and oxygen atoms in total. The molecule has 0 saturated heterocycles. The van der Waals surface area contributed by atoms with E-state index in [-0.39, 0.29) is 11.1 Å². The van der Waals surface area contributed by atoms with Crippen molar-refractivity contribution >= 4 is 16.8 Å². The van der Waals surface area contributed by atoms with E-state index in [0.29, 0.717) is 17.8 Å². The lowest BCUT2D eigenvalue weighted by atomic mass is 10.1. The van der Waals surface area contributed by atoms with Gasteiger partial charge in [0.05, 0.1) is 6.20 Å². The number of hydrogen-bond donors (Lipinski definition) is 0. The van der Waals surface area contributed by atoms with Gasteiger partial charge in [-0.05, 0) is 12.0 Å². The average molecular weight is 292 g/mol. The van der Waals surface area contributed by atoms with E-state index in [0.717, 1.165) is 6.42 Å². The average Bonchev–Trinajstić information content (AvgIpc) is 3.04. The molecule has 4 rings (SSSR count). The van der Waals surface area contributed by atoms with E-state index in [4.69, 9.17) is 0 Å². The van der Waals surface area contributed by atoms with Crippen molar-refractivity contribution in [1.82, 2.24) is 29.4 Å². The Morgan fingerprint density at radius 3 is 2.77 bits per heavy atom. The molecular formula is C15H12N6O. The minimum absolute atomic E-state index is 0.203. The Morgan fingerprint density at radius 1 is 1.05 bits per heavy atom. The predicted octanol–water partition coefficient (Wildman–Crippen LogP) is 1.08. The van der Waals surface area contributed by atoms with Gasteiger partial charge in [-0.1, -0.05) is 30.3 Å². The van der Waals surface area contributed by atoms with Crippen molar-refractivity contribution in [3.8, 4) is 0 Å². The van der Waals surface area contributed by atoms with Crippen LogP contribution in [0.25, 0.3) is 16.8 Å². The molecule has 0 spiro atoms. The van der Waals surface area contributed by atoms with Gasteiger partial charge in [-0.2, -0.15) is 9.61 Å². The minimum Gasteiger partial charge on any atom is -0.297 e. The highest BCUT2D eigenvalue weighted by Crippen LogP contribution is 2.06. The number of benzene rings is 1. The minimum atomic E-state index is -0.203. The number of rotatable bonds is 3. The molecule has 0 amide bonds. The summed E-state index contributed by atoms with van der Waals surface area (Å²) in [6, 6.07) is 11.7. The smallest absolute Gasteiger partial charge is 0.283 e. The molecule has 0 aliphatic rings. The quantitative estimate of drug-likeness (QED) is 0.564. The van der Waals surface area contributed by atoms with E-state index in [1.54, 1.807) is 16.8 Å². The van der Waals surface area contributed by atoms with Crippen LogP contribution in [0.5, 0.6) is 0 Å². The van der Waals surface area contributed by atoms with Gasteiger partial charge < -0.3 is 0 Å². The summed E-state index contributed by atoms with van der Waals surface area (Å²) < 4.78 is 3.07. The molecule has 0 N–H and O–H groups in total. The second-order valence-electron chi connectivity index (χ2n) is 4.95. The summed E-state index contributed by atoms with van der Waals surface area (Å²) in [4.78, 5) is 16.8. The van der Waals surface area contributed by atoms with Crippen molar-refractivity contribution in [1.29, 1.82) is 0 Å². The summed E-state index contributed by atoms with van der Waals surface area (Å²) in [7, 11) is 0. The molecule has 0 saturated carbocycles. The van der Waals surface area contributed by atoms with Gasteiger partial charge in [-0.25, -0.2) is 4.98 Å². The van der Waals surface area contributed by atoms with Crippen molar-refractivity contribution in [2.45, 2.75) is 13.0 Å². The van der Waals surface area contributed by atoms with Gasteiger partial charge in [0, 0.05) is 12.6 Å². The van der Waals surface area contributed by atoms with Crippen molar-refractivity contribution in [3.05, 3.63) is 64.8 Å². The molecule has 3 heterocycles. The Balaban J connectivity index is 1.75. The fourth-order valence-electron chi connectivity index (χ4n) is 2.40. The summed E-state index contributed by atoms with van der Waals surface area (Å²) in [5, 5.41) is 12.1. The van der Waals surface area contributed by atoms with E-state index >= 15 is 0 Å². The molecule has 0 atom stereocenters. The second kappa shape index (κ2) is 5.03. The predicted molar refractivity (Wildman–Crippen MR) is 80.5 cm³/mol. The number of aromatic nitrogens is 6. The molecule has 7 heteroatoms. The molecule has 0 radical (unpaired) electrons. The molecule has 108 valence electrons. The van der Waals surface area contributed by atoms with Crippen LogP contribution in [0.3, 0.4) is 0 Å². The Hall–Kier alpha value is -3.09. The third-order valence-corrected chi connectivity index (χ3v) is 3.55. The van der Waals surface area contributed by atoms with Gasteiger partial charge >= 0.3 is 0 Å². The first-order chi connectivity index (χ1) is 10.8. The fraction of sp³-hybridized carbons (Fsp3) is 0.133. The van der Waals surface area contributed by atoms with Gasteiger partial charge in [0.2, 0.25) is 0 Å². The maximum absolute atomic E-state index is 12.5. The Morgan fingerprint density at radius 2 is 1.91 bits per heavy atom. The van der Waals surface area contributed by atoms with E-state index in [9.17, 15) is 4.79 Å². The van der Waals surface area contributed by atoms with Crippen molar-refractivity contribution < 1.29 is 0 Å². The summed E-state index contributed by atoms with van der Waals surface area (Å²) in [6.45, 7) is 0.546. The number of aryl methyl sites for hydroxylation is 2. The van der Waals surface area contributed by atoms with E-state index in [1.165, 1.54) is 16.4 Å². The first-order valence-electron chi connectivity index (χ1n) is 6.92. The van der Waals surface area contributed by atoms with Crippen LogP contribution in [0.1, 0.15) is 5.56 Å². The summed E-state index contributed by atoms with van der Waals surface area (Å²) in [6.07, 6.45) is 3.90. The standard InChI is InChI=1S/C15H12N6O/c22-15-13-14(21-12(18-19-13)6-8-17-21)16-10-20(15)9-7-11-4-2-1-3-5-11/h1-6,8,10H,7,9H2. The summed E-state index contributed by atoms with van der Waals surface area (Å²) >= 11 is 0. The third kappa shape index (κ3) is 2.03. The van der Waals surface area contributed by atoms with Crippen LogP contribution >= 0.6 is 0 Å². The highest BCUT2D eigenvalue weighted by Gasteiger charge is 2.10. The summed E-state index contributed by atoms with van der Waals surface area (Å²) in [5.41, 5.74) is 2.19. The molecule has 4 aromatic rings. The Bertz CT molecular complexity index is 1000. The molecule has 22 heavy (non-hydrogen) atoms. The number of nitrogens with zero attached hydrogens (tertiary/aromatic N) is 6. The fourth-order valence-corrected chi connectivity index (χ4v) is 2.40. The maximum atomic E-state index is 12.5. The molecule has 0 aliphatic heterocycles. The van der Waals surface area contributed by atoms with E-state index in [2.05, 4.69) is 20.3 Å². The van der Waals surface area contributed by atoms with Crippen LogP contribution in [0.2, 0.25) is 0 Å². The van der Waals surface area contributed by atoms with Crippen LogP contribution in [0.15, 0.2) is 53.7 Å². The van der Waals surface area contributed by atoms with Crippen LogP contribution in [0.4, 0.5) is 0 Å². The normalized spacial score (nSPS) is 11.3. The monoisotopic (exact) mass is 292 g/mol. The highest BCUT2D eigenvalue weighted by molar-refractivity contribution is 5.70. The topological polar surface area (TPSA) is 78.0 Å². The first kappa shape index (κ1) is 12.6. The maximum Gasteiger partial charge on any atom is 0.283 e. The van der Waals surface area contributed by atoms with E-state index in [1.807, 2.05) is 30.3 Å². The third-order valence-electron chi connectivity index (χ3n) is 3.55. The summed E-state index contributed by atoms with van der Waals surface area (Å²) in [5.74, 6) is 0. The van der Waals surface area contributed by atoms with Crippen LogP contribution in [-0.2, 0) is 13.0 Å². The zero-order valence-corrected chi connectivity index (χ0v) is 11.6. The zero-order valence-electron chi connectivity index (χ0n) is 11.6. The number of fused-ring (bicyclic) bond motifs is 3. The molecule has 0 fully saturated rings. The lowest BCUT2D eigenvalue weighted by Crippen LogP contribution is -2.23. The molecule has 0 unspecified atom stereocenters. The SMILES string of the molecule is O=c1c2nnc3ccnn3c2ncn1CCc1ccccc1. The van der Waals surface area contributed by atoms with Gasteiger partial charge in [0.15, 0.2) is 16.8 Å². The second-order valence-corrected chi connectivity index (χ2v) is 4.95. The molecule has 0 aliphatic carbocycles. The van der Waals surface area contributed by atoms with Gasteiger partial charge in [0.25, 0.3) is 5.56 Å². The molecule has 3 aromatic heterocycles. The highest BCUT2D eigenvalue weighted by atomic mass is 16.1. The van der Waals surface area contributed by atoms with Gasteiger partial charge in [-0.15, -0.1) is 10.2 Å². The lowest BCUT2D eigenvalue weighted by molar-refractivity contribution is 0.657. The van der Waals surface area contributed by atoms with Gasteiger partial charge in [0.1, 0.15) is 6.33 Å². The largest absolute Gasteiger partial charge is 0.297 e. The zero-order chi connectivity index (χ0) is 14.9. The van der Waals surface area contributed by atoms with Crippen LogP contribution < -0.4 is 5.56 Å². The van der Waals surface area contributed by atoms with E-state index < -0.39 is 0 Å². The van der Waals surface area contributed by atoms with Gasteiger partial charge in [-0.3, -0.25) is 9.36 Å². The molecule has 0 bridgehead atoms. The molecule has 1 aromatic carbocycles.